The Bertz CT molecular complexity index is 510. The van der Waals surface area contributed by atoms with Gasteiger partial charge in [-0.25, -0.2) is 4.39 Å². The lowest BCUT2D eigenvalue weighted by atomic mass is 10.2. The highest BCUT2D eigenvalue weighted by atomic mass is 19.1. The van der Waals surface area contributed by atoms with Crippen molar-refractivity contribution < 1.29 is 9.18 Å². The predicted molar refractivity (Wildman–Crippen MR) is 57.4 cm³/mol. The summed E-state index contributed by atoms with van der Waals surface area (Å²) in [7, 11) is 0. The molecule has 5 nitrogen and oxygen atoms in total. The van der Waals surface area contributed by atoms with Crippen LogP contribution >= 0.6 is 0 Å². The number of carbonyl (C=O) groups is 1. The molecule has 6 heteroatoms. The number of aromatic amines is 1. The third-order valence-corrected chi connectivity index (χ3v) is 2.00. The number of anilines is 2. The highest BCUT2D eigenvalue weighted by molar-refractivity contribution is 6.02. The molecule has 16 heavy (non-hydrogen) atoms. The van der Waals surface area contributed by atoms with E-state index in [-0.39, 0.29) is 11.6 Å². The number of H-pyrrole nitrogens is 1. The van der Waals surface area contributed by atoms with Crippen molar-refractivity contribution in [1.29, 1.82) is 0 Å². The van der Waals surface area contributed by atoms with Gasteiger partial charge in [-0.15, -0.1) is 0 Å². The third-order valence-electron chi connectivity index (χ3n) is 2.00. The molecule has 1 amide bonds. The summed E-state index contributed by atoms with van der Waals surface area (Å²) in [6.07, 6.45) is 1.47. The van der Waals surface area contributed by atoms with E-state index in [0.29, 0.717) is 11.4 Å². The van der Waals surface area contributed by atoms with Crippen molar-refractivity contribution in [2.45, 2.75) is 0 Å². The molecule has 0 spiro atoms. The number of carbonyl (C=O) groups excluding carboxylic acids is 1. The fourth-order valence-corrected chi connectivity index (χ4v) is 1.20. The number of aromatic nitrogens is 2. The molecular formula is C10H9FN4O. The van der Waals surface area contributed by atoms with Crippen molar-refractivity contribution in [1.82, 2.24) is 10.2 Å². The van der Waals surface area contributed by atoms with Crippen molar-refractivity contribution in [2.24, 2.45) is 0 Å². The quantitative estimate of drug-likeness (QED) is 0.668. The smallest absolute Gasteiger partial charge is 0.273 e. The van der Waals surface area contributed by atoms with Crippen LogP contribution in [-0.4, -0.2) is 16.1 Å². The van der Waals surface area contributed by atoms with Gasteiger partial charge >= 0.3 is 0 Å². The summed E-state index contributed by atoms with van der Waals surface area (Å²) < 4.78 is 12.9. The van der Waals surface area contributed by atoms with E-state index in [1.807, 2.05) is 0 Å². The average molecular weight is 220 g/mol. The molecule has 0 atom stereocenters. The van der Waals surface area contributed by atoms with Crippen molar-refractivity contribution >= 4 is 17.3 Å². The molecule has 1 aromatic heterocycles. The monoisotopic (exact) mass is 220 g/mol. The van der Waals surface area contributed by atoms with Crippen LogP contribution < -0.4 is 11.1 Å². The molecule has 0 aliphatic carbocycles. The lowest BCUT2D eigenvalue weighted by Gasteiger charge is -2.04. The lowest BCUT2D eigenvalue weighted by Crippen LogP contribution is -2.12. The van der Waals surface area contributed by atoms with Gasteiger partial charge < -0.3 is 11.1 Å². The first kappa shape index (κ1) is 10.2. The van der Waals surface area contributed by atoms with Crippen LogP contribution in [0.4, 0.5) is 15.8 Å². The van der Waals surface area contributed by atoms with E-state index >= 15 is 0 Å². The van der Waals surface area contributed by atoms with E-state index < -0.39 is 5.82 Å². The second-order valence-electron chi connectivity index (χ2n) is 3.16. The number of nitrogen functional groups attached to an aromatic ring is 1. The second-order valence-corrected chi connectivity index (χ2v) is 3.16. The number of benzene rings is 1. The molecule has 0 unspecified atom stereocenters. The maximum Gasteiger partial charge on any atom is 0.273 e. The molecule has 1 aromatic carbocycles. The van der Waals surface area contributed by atoms with Crippen LogP contribution in [0.5, 0.6) is 0 Å². The summed E-state index contributed by atoms with van der Waals surface area (Å²) >= 11 is 0. The number of halogens is 1. The van der Waals surface area contributed by atoms with Crippen LogP contribution in [0.2, 0.25) is 0 Å². The molecule has 1 heterocycles. The Morgan fingerprint density at radius 2 is 2.25 bits per heavy atom. The Labute approximate surface area is 90.5 Å². The van der Waals surface area contributed by atoms with Gasteiger partial charge in [0.2, 0.25) is 0 Å². The number of nitrogens with one attached hydrogen (secondary N) is 2. The van der Waals surface area contributed by atoms with Gasteiger partial charge in [-0.3, -0.25) is 9.89 Å². The van der Waals surface area contributed by atoms with Gasteiger partial charge in [0.15, 0.2) is 0 Å². The van der Waals surface area contributed by atoms with Gasteiger partial charge in [-0.1, -0.05) is 0 Å². The molecule has 2 rings (SSSR count). The van der Waals surface area contributed by atoms with Gasteiger partial charge in [0.25, 0.3) is 5.91 Å². The van der Waals surface area contributed by atoms with E-state index in [4.69, 9.17) is 5.73 Å². The predicted octanol–water partition coefficient (Wildman–Crippen LogP) is 1.38. The summed E-state index contributed by atoms with van der Waals surface area (Å²) in [6, 6.07) is 5.50. The number of nitrogens with two attached hydrogens (primary N) is 1. The second kappa shape index (κ2) is 4.01. The number of rotatable bonds is 2. The zero-order valence-electron chi connectivity index (χ0n) is 8.20. The van der Waals surface area contributed by atoms with E-state index in [0.717, 1.165) is 0 Å². The molecule has 2 aromatic rings. The van der Waals surface area contributed by atoms with Crippen LogP contribution in [0.1, 0.15) is 10.5 Å². The van der Waals surface area contributed by atoms with Crippen LogP contribution in [0.3, 0.4) is 0 Å². The minimum atomic E-state index is -0.514. The fourth-order valence-electron chi connectivity index (χ4n) is 1.20. The number of amides is 1. The number of hydrogen-bond acceptors (Lipinski definition) is 3. The molecule has 0 radical (unpaired) electrons. The van der Waals surface area contributed by atoms with Crippen molar-refractivity contribution in [2.75, 3.05) is 11.1 Å². The maximum absolute atomic E-state index is 12.9. The summed E-state index contributed by atoms with van der Waals surface area (Å²) in [4.78, 5) is 11.6. The highest BCUT2D eigenvalue weighted by Crippen LogP contribution is 2.16. The Hall–Kier alpha value is -2.37. The Morgan fingerprint density at radius 3 is 2.88 bits per heavy atom. The Morgan fingerprint density at radius 1 is 1.44 bits per heavy atom. The molecule has 0 saturated carbocycles. The van der Waals surface area contributed by atoms with Crippen LogP contribution in [0, 0.1) is 5.82 Å². The summed E-state index contributed by atoms with van der Waals surface area (Å²) in [5, 5.41) is 8.72. The first-order valence-electron chi connectivity index (χ1n) is 4.52. The van der Waals surface area contributed by atoms with E-state index in [1.165, 1.54) is 30.5 Å². The van der Waals surface area contributed by atoms with Gasteiger partial charge in [0.1, 0.15) is 11.5 Å². The minimum absolute atomic E-state index is 0.0117. The van der Waals surface area contributed by atoms with Crippen LogP contribution in [0.25, 0.3) is 0 Å². The fraction of sp³-hybridized carbons (Fsp3) is 0. The molecule has 0 aliphatic rings. The van der Waals surface area contributed by atoms with E-state index in [1.54, 1.807) is 0 Å². The van der Waals surface area contributed by atoms with Crippen molar-refractivity contribution in [3.63, 3.8) is 0 Å². The number of nitrogens with zero attached hydrogens (tertiary/aromatic N) is 1. The standard InChI is InChI=1S/C10H9FN4O/c11-7-2-1-6(5-8(7)12)14-10(16)9-3-4-13-15-9/h1-5H,12H2,(H,13,15)(H,14,16). The zero-order chi connectivity index (χ0) is 11.5. The minimum Gasteiger partial charge on any atom is -0.396 e. The number of hydrogen-bond donors (Lipinski definition) is 3. The third kappa shape index (κ3) is 2.00. The zero-order valence-corrected chi connectivity index (χ0v) is 8.20. The molecule has 0 fully saturated rings. The summed E-state index contributed by atoms with van der Waals surface area (Å²) in [5.41, 5.74) is 6.11. The van der Waals surface area contributed by atoms with Gasteiger partial charge in [0.05, 0.1) is 5.69 Å². The van der Waals surface area contributed by atoms with E-state index in [9.17, 15) is 9.18 Å². The van der Waals surface area contributed by atoms with E-state index in [2.05, 4.69) is 15.5 Å². The lowest BCUT2D eigenvalue weighted by molar-refractivity contribution is 0.102. The van der Waals surface area contributed by atoms with Gasteiger partial charge in [0, 0.05) is 11.9 Å². The molecular weight excluding hydrogens is 211 g/mol. The topological polar surface area (TPSA) is 83.8 Å². The summed E-state index contributed by atoms with van der Waals surface area (Å²) in [6.45, 7) is 0. The summed E-state index contributed by atoms with van der Waals surface area (Å²) in [5.74, 6) is -0.872. The SMILES string of the molecule is Nc1cc(NC(=O)c2ccn[nH]2)ccc1F. The molecule has 82 valence electrons. The largest absolute Gasteiger partial charge is 0.396 e. The maximum atomic E-state index is 12.9. The van der Waals surface area contributed by atoms with Gasteiger partial charge in [-0.2, -0.15) is 5.10 Å². The normalized spacial score (nSPS) is 10.1. The Balaban J connectivity index is 2.15. The molecule has 4 N–H and O–H groups in total. The molecule has 0 aliphatic heterocycles. The Kier molecular flexibility index (Phi) is 2.55. The van der Waals surface area contributed by atoms with Crippen LogP contribution in [0.15, 0.2) is 30.5 Å². The first-order chi connectivity index (χ1) is 7.66. The molecule has 0 saturated heterocycles. The van der Waals surface area contributed by atoms with Gasteiger partial charge in [-0.05, 0) is 24.3 Å². The highest BCUT2D eigenvalue weighted by Gasteiger charge is 2.07. The first-order valence-corrected chi connectivity index (χ1v) is 4.52. The molecule has 0 bridgehead atoms. The van der Waals surface area contributed by atoms with Crippen molar-refractivity contribution in [3.8, 4) is 0 Å². The average Bonchev–Trinajstić information content (AvgIpc) is 2.77. The van der Waals surface area contributed by atoms with Crippen LogP contribution in [-0.2, 0) is 0 Å². The van der Waals surface area contributed by atoms with Crippen molar-refractivity contribution in [3.05, 3.63) is 42.0 Å².